The average Bonchev–Trinajstić information content (AvgIpc) is 3.76. The van der Waals surface area contributed by atoms with Crippen molar-refractivity contribution in [1.29, 1.82) is 0 Å². The van der Waals surface area contributed by atoms with Gasteiger partial charge in [-0.05, 0) is 36.8 Å². The van der Waals surface area contributed by atoms with Crippen LogP contribution in [0.3, 0.4) is 0 Å². The second kappa shape index (κ2) is 10.4. The van der Waals surface area contributed by atoms with Crippen molar-refractivity contribution in [3.8, 4) is 22.9 Å². The van der Waals surface area contributed by atoms with Gasteiger partial charge in [0.2, 0.25) is 23.5 Å². The highest BCUT2D eigenvalue weighted by Crippen LogP contribution is 2.28. The Morgan fingerprint density at radius 2 is 1.86 bits per heavy atom. The molecule has 0 radical (unpaired) electrons. The zero-order valence-corrected chi connectivity index (χ0v) is 23.3. The van der Waals surface area contributed by atoms with Gasteiger partial charge in [-0.25, -0.2) is 14.1 Å². The number of piperazine rings is 1. The molecule has 5 aromatic heterocycles. The van der Waals surface area contributed by atoms with Crippen LogP contribution in [0.1, 0.15) is 18.4 Å². The molecule has 0 amide bonds. The summed E-state index contributed by atoms with van der Waals surface area (Å²) in [6.45, 7) is 8.23. The summed E-state index contributed by atoms with van der Waals surface area (Å²) in [5.74, 6) is 1.49. The number of rotatable bonds is 7. The van der Waals surface area contributed by atoms with Crippen LogP contribution in [0.5, 0.6) is 0 Å². The van der Waals surface area contributed by atoms with Gasteiger partial charge in [-0.1, -0.05) is 18.1 Å². The number of aryl methyl sites for hydroxylation is 2. The highest BCUT2D eigenvalue weighted by molar-refractivity contribution is 5.90. The van der Waals surface area contributed by atoms with E-state index in [9.17, 15) is 4.39 Å². The first kappa shape index (κ1) is 26.0. The van der Waals surface area contributed by atoms with E-state index in [1.807, 2.05) is 30.7 Å². The monoisotopic (exact) mass is 568 g/mol. The predicted molar refractivity (Wildman–Crippen MR) is 154 cm³/mol. The van der Waals surface area contributed by atoms with Gasteiger partial charge in [0, 0.05) is 50.9 Å². The summed E-state index contributed by atoms with van der Waals surface area (Å²) < 4.78 is 23.4. The van der Waals surface area contributed by atoms with E-state index in [4.69, 9.17) is 15.2 Å². The molecular weight excluding hydrogens is 539 g/mol. The molecule has 1 saturated heterocycles. The Hall–Kier alpha value is -4.98. The molecular formula is C28H29FN12O. The van der Waals surface area contributed by atoms with Gasteiger partial charge in [0.25, 0.3) is 0 Å². The molecule has 14 heteroatoms. The van der Waals surface area contributed by atoms with Crippen molar-refractivity contribution < 1.29 is 8.91 Å². The van der Waals surface area contributed by atoms with E-state index in [1.165, 1.54) is 10.6 Å². The summed E-state index contributed by atoms with van der Waals surface area (Å²) >= 11 is 0. The first-order valence-corrected chi connectivity index (χ1v) is 13.9. The Balaban J connectivity index is 1.04. The van der Waals surface area contributed by atoms with Crippen LogP contribution in [0.15, 0.2) is 47.2 Å². The molecule has 214 valence electrons. The lowest BCUT2D eigenvalue weighted by atomic mass is 10.1. The van der Waals surface area contributed by atoms with E-state index in [1.54, 1.807) is 24.5 Å². The topological polar surface area (TPSA) is 145 Å². The van der Waals surface area contributed by atoms with Gasteiger partial charge in [-0.15, -0.1) is 5.10 Å². The molecule has 6 heterocycles. The third-order valence-electron chi connectivity index (χ3n) is 7.63. The zero-order valence-electron chi connectivity index (χ0n) is 23.3. The van der Waals surface area contributed by atoms with Gasteiger partial charge in [0.1, 0.15) is 11.5 Å². The number of fused-ring (bicyclic) bond motifs is 3. The molecule has 13 nitrogen and oxygen atoms in total. The van der Waals surface area contributed by atoms with Gasteiger partial charge in [-0.2, -0.15) is 19.6 Å². The normalized spacial score (nSPS) is 14.4. The van der Waals surface area contributed by atoms with Gasteiger partial charge >= 0.3 is 0 Å². The molecule has 2 N–H and O–H groups in total. The predicted octanol–water partition coefficient (Wildman–Crippen LogP) is 3.00. The minimum absolute atomic E-state index is 0.233. The Kier molecular flexibility index (Phi) is 6.46. The minimum atomic E-state index is -0.265. The number of hydrogen-bond acceptors (Lipinski definition) is 11. The smallest absolute Gasteiger partial charge is 0.226 e. The first-order chi connectivity index (χ1) is 20.5. The maximum atomic E-state index is 14.8. The third-order valence-corrected chi connectivity index (χ3v) is 7.63. The fraction of sp³-hybridized carbons (Fsp3) is 0.321. The molecule has 6 aromatic rings. The molecule has 1 aromatic carbocycles. The fourth-order valence-corrected chi connectivity index (χ4v) is 5.30. The van der Waals surface area contributed by atoms with Crippen molar-refractivity contribution in [2.45, 2.75) is 26.8 Å². The summed E-state index contributed by atoms with van der Waals surface area (Å²) in [6, 6.07) is 8.79. The van der Waals surface area contributed by atoms with E-state index in [2.05, 4.69) is 40.1 Å². The summed E-state index contributed by atoms with van der Waals surface area (Å²) in [5.41, 5.74) is 10.5. The Bertz CT molecular complexity index is 1900. The van der Waals surface area contributed by atoms with Crippen LogP contribution >= 0.6 is 0 Å². The number of benzene rings is 1. The average molecular weight is 569 g/mol. The number of aromatic nitrogens is 9. The number of nitrogens with two attached hydrogens (primary N) is 1. The van der Waals surface area contributed by atoms with Crippen molar-refractivity contribution in [2.75, 3.05) is 43.4 Å². The quantitative estimate of drug-likeness (QED) is 0.303. The van der Waals surface area contributed by atoms with Gasteiger partial charge in [-0.3, -0.25) is 9.88 Å². The Morgan fingerprint density at radius 3 is 2.64 bits per heavy atom. The van der Waals surface area contributed by atoms with E-state index in [0.717, 1.165) is 36.1 Å². The van der Waals surface area contributed by atoms with Crippen molar-refractivity contribution in [3.05, 3.63) is 60.0 Å². The van der Waals surface area contributed by atoms with E-state index in [0.29, 0.717) is 66.3 Å². The molecule has 42 heavy (non-hydrogen) atoms. The Morgan fingerprint density at radius 1 is 1.00 bits per heavy atom. The molecule has 0 saturated carbocycles. The van der Waals surface area contributed by atoms with Crippen LogP contribution in [0.25, 0.3) is 39.6 Å². The molecule has 0 unspecified atom stereocenters. The molecule has 0 spiro atoms. The highest BCUT2D eigenvalue weighted by Gasteiger charge is 2.22. The van der Waals surface area contributed by atoms with Gasteiger partial charge in [0.05, 0.1) is 23.8 Å². The summed E-state index contributed by atoms with van der Waals surface area (Å²) in [4.78, 5) is 22.5. The lowest BCUT2D eigenvalue weighted by Crippen LogP contribution is -2.47. The zero-order chi connectivity index (χ0) is 28.8. The fourth-order valence-electron chi connectivity index (χ4n) is 5.30. The molecule has 0 atom stereocenters. The number of anilines is 2. The van der Waals surface area contributed by atoms with E-state index >= 15 is 0 Å². The van der Waals surface area contributed by atoms with Crippen LogP contribution in [-0.4, -0.2) is 82.1 Å². The van der Waals surface area contributed by atoms with Crippen LogP contribution < -0.4 is 10.6 Å². The molecule has 7 rings (SSSR count). The molecule has 0 bridgehead atoms. The summed E-state index contributed by atoms with van der Waals surface area (Å²) in [7, 11) is 0. The highest BCUT2D eigenvalue weighted by atomic mass is 19.1. The van der Waals surface area contributed by atoms with Crippen LogP contribution in [0, 0.1) is 12.7 Å². The lowest BCUT2D eigenvalue weighted by Gasteiger charge is -2.36. The standard InChI is InChI=1S/C28H29FN12O/c1-3-22-33-24(37-42-22)18-6-7-20(29)21(15-18)39-12-9-38(10-13-39)11-14-40-26-19(16-32-40)27-34-25(36-41(27)28(30)35-26)23-17(2)5-4-8-31-23/h4-8,15-16H,3,9-14H2,1-2H3,(H2,30,35). The van der Waals surface area contributed by atoms with Gasteiger partial charge < -0.3 is 15.2 Å². The summed E-state index contributed by atoms with van der Waals surface area (Å²) in [6.07, 6.45) is 4.12. The molecule has 0 aliphatic carbocycles. The maximum absolute atomic E-state index is 14.8. The maximum Gasteiger partial charge on any atom is 0.226 e. The third kappa shape index (κ3) is 4.59. The molecule has 1 fully saturated rings. The van der Waals surface area contributed by atoms with E-state index < -0.39 is 0 Å². The van der Waals surface area contributed by atoms with Crippen molar-refractivity contribution in [3.63, 3.8) is 0 Å². The van der Waals surface area contributed by atoms with Gasteiger partial charge in [0.15, 0.2) is 11.3 Å². The van der Waals surface area contributed by atoms with Crippen LogP contribution in [0.2, 0.25) is 0 Å². The molecule has 1 aliphatic rings. The van der Waals surface area contributed by atoms with Crippen molar-refractivity contribution in [2.24, 2.45) is 0 Å². The van der Waals surface area contributed by atoms with E-state index in [-0.39, 0.29) is 11.8 Å². The number of pyridine rings is 1. The van der Waals surface area contributed by atoms with Crippen LogP contribution in [0.4, 0.5) is 16.0 Å². The SMILES string of the molecule is CCc1nc(-c2ccc(F)c(N3CCN(CCn4ncc5c4nc(N)n4nc(-c6ncccc6C)nc54)CC3)c2)no1. The van der Waals surface area contributed by atoms with Crippen LogP contribution in [-0.2, 0) is 13.0 Å². The Labute approximate surface area is 239 Å². The largest absolute Gasteiger partial charge is 0.368 e. The lowest BCUT2D eigenvalue weighted by molar-refractivity contribution is 0.245. The number of nitrogens with zero attached hydrogens (tertiary/aromatic N) is 11. The second-order valence-electron chi connectivity index (χ2n) is 10.3. The minimum Gasteiger partial charge on any atom is -0.368 e. The number of hydrogen-bond donors (Lipinski definition) is 1. The summed E-state index contributed by atoms with van der Waals surface area (Å²) in [5, 5.41) is 13.9. The second-order valence-corrected chi connectivity index (χ2v) is 10.3. The van der Waals surface area contributed by atoms with Crippen molar-refractivity contribution >= 4 is 28.3 Å². The molecule has 1 aliphatic heterocycles. The number of nitrogen functional groups attached to an aromatic ring is 1. The van der Waals surface area contributed by atoms with Crippen molar-refractivity contribution in [1.82, 2.24) is 49.4 Å². The number of halogens is 1. The first-order valence-electron chi connectivity index (χ1n) is 13.9.